The number of nitrogens with zero attached hydrogens (tertiary/aromatic N) is 3. The van der Waals surface area contributed by atoms with Crippen molar-refractivity contribution in [3.63, 3.8) is 0 Å². The number of benzene rings is 1. The second kappa shape index (κ2) is 10.1. The van der Waals surface area contributed by atoms with Gasteiger partial charge < -0.3 is 29.6 Å². The van der Waals surface area contributed by atoms with Gasteiger partial charge in [-0.3, -0.25) is 9.78 Å². The summed E-state index contributed by atoms with van der Waals surface area (Å²) in [7, 11) is 1.58. The van der Waals surface area contributed by atoms with Gasteiger partial charge >= 0.3 is 0 Å². The molecule has 2 N–H and O–H groups in total. The summed E-state index contributed by atoms with van der Waals surface area (Å²) < 4.78 is 13.6. The van der Waals surface area contributed by atoms with E-state index in [1.54, 1.807) is 13.3 Å². The van der Waals surface area contributed by atoms with Crippen molar-refractivity contribution in [3.05, 3.63) is 72.3 Å². The third-order valence-corrected chi connectivity index (χ3v) is 6.78. The number of hydrogen-bond acceptors (Lipinski definition) is 5. The van der Waals surface area contributed by atoms with Crippen molar-refractivity contribution in [2.45, 2.75) is 44.5 Å². The van der Waals surface area contributed by atoms with E-state index in [1.165, 1.54) is 6.92 Å². The van der Waals surface area contributed by atoms with Gasteiger partial charge in [0.1, 0.15) is 11.8 Å². The van der Waals surface area contributed by atoms with Crippen molar-refractivity contribution in [3.8, 4) is 5.75 Å². The van der Waals surface area contributed by atoms with Crippen LogP contribution in [0.25, 0.3) is 0 Å². The zero-order valence-corrected chi connectivity index (χ0v) is 20.6. The SMILES string of the molecule is COc1ccc(N2C(=S)N[C@H](c3ccccn3)[C@@H]2c2cccn2C[C@H]2CCCO2)cc1NC(C)=O. The Morgan fingerprint density at radius 3 is 2.89 bits per heavy atom. The van der Waals surface area contributed by atoms with Crippen molar-refractivity contribution >= 4 is 34.6 Å². The molecule has 3 atom stereocenters. The van der Waals surface area contributed by atoms with Crippen LogP contribution >= 0.6 is 12.2 Å². The average Bonchev–Trinajstić information content (AvgIpc) is 3.60. The molecular formula is C26H29N5O3S. The maximum Gasteiger partial charge on any atom is 0.221 e. The molecule has 1 aromatic carbocycles. The number of nitrogens with one attached hydrogen (secondary N) is 2. The molecule has 2 fully saturated rings. The lowest BCUT2D eigenvalue weighted by Gasteiger charge is -2.30. The molecule has 2 aromatic heterocycles. The van der Waals surface area contributed by atoms with Crippen LogP contribution in [0.3, 0.4) is 0 Å². The number of carbonyl (C=O) groups is 1. The minimum absolute atomic E-state index is 0.159. The van der Waals surface area contributed by atoms with Crippen LogP contribution in [0.4, 0.5) is 11.4 Å². The van der Waals surface area contributed by atoms with Crippen LogP contribution in [0.2, 0.25) is 0 Å². The smallest absolute Gasteiger partial charge is 0.221 e. The second-order valence-electron chi connectivity index (χ2n) is 8.78. The highest BCUT2D eigenvalue weighted by atomic mass is 32.1. The number of ether oxygens (including phenoxy) is 2. The van der Waals surface area contributed by atoms with Gasteiger partial charge in [0, 0.05) is 43.9 Å². The van der Waals surface area contributed by atoms with E-state index in [1.807, 2.05) is 36.4 Å². The van der Waals surface area contributed by atoms with E-state index in [9.17, 15) is 4.79 Å². The summed E-state index contributed by atoms with van der Waals surface area (Å²) in [6, 6.07) is 15.5. The zero-order chi connectivity index (χ0) is 24.4. The largest absolute Gasteiger partial charge is 0.495 e. The molecule has 0 bridgehead atoms. The monoisotopic (exact) mass is 491 g/mol. The third kappa shape index (κ3) is 4.74. The lowest BCUT2D eigenvalue weighted by atomic mass is 10.0. The molecule has 182 valence electrons. The molecule has 0 spiro atoms. The molecule has 5 rings (SSSR count). The van der Waals surface area contributed by atoms with Gasteiger partial charge in [0.05, 0.1) is 30.6 Å². The van der Waals surface area contributed by atoms with E-state index < -0.39 is 0 Å². The summed E-state index contributed by atoms with van der Waals surface area (Å²) >= 11 is 5.86. The highest BCUT2D eigenvalue weighted by molar-refractivity contribution is 7.80. The molecule has 0 aliphatic carbocycles. The highest BCUT2D eigenvalue weighted by Crippen LogP contribution is 2.43. The molecule has 0 radical (unpaired) electrons. The number of carbonyl (C=O) groups excluding carboxylic acids is 1. The van der Waals surface area contributed by atoms with Gasteiger partial charge in [-0.2, -0.15) is 0 Å². The standard InChI is InChI=1S/C26H29N5O3S/c1-17(32)28-21-15-18(10-11-23(21)33-2)31-25(24(29-26(31)35)20-8-3-4-12-27-20)22-9-5-13-30(22)16-19-7-6-14-34-19/h3-5,8-13,15,19,24-25H,6-7,14,16H2,1-2H3,(H,28,32)(H,29,35)/t19-,24-,25+/m1/s1. The molecule has 2 saturated heterocycles. The van der Waals surface area contributed by atoms with E-state index in [2.05, 4.69) is 43.4 Å². The van der Waals surface area contributed by atoms with E-state index in [-0.39, 0.29) is 24.1 Å². The van der Waals surface area contributed by atoms with Crippen LogP contribution in [0.5, 0.6) is 5.75 Å². The van der Waals surface area contributed by atoms with Gasteiger partial charge in [-0.15, -0.1) is 0 Å². The first-order valence-electron chi connectivity index (χ1n) is 11.8. The molecule has 2 aliphatic rings. The van der Waals surface area contributed by atoms with Crippen LogP contribution in [0.1, 0.15) is 43.2 Å². The molecule has 8 nitrogen and oxygen atoms in total. The Hall–Kier alpha value is -3.43. The number of aromatic nitrogens is 2. The normalized spacial score (nSPS) is 21.7. The molecule has 3 aromatic rings. The van der Waals surface area contributed by atoms with Crippen molar-refractivity contribution in [1.29, 1.82) is 0 Å². The molecule has 0 unspecified atom stereocenters. The van der Waals surface area contributed by atoms with Gasteiger partial charge in [0.15, 0.2) is 5.11 Å². The first-order chi connectivity index (χ1) is 17.0. The summed E-state index contributed by atoms with van der Waals surface area (Å²) in [5.41, 5.74) is 3.46. The van der Waals surface area contributed by atoms with Gasteiger partial charge in [0.2, 0.25) is 5.91 Å². The summed E-state index contributed by atoms with van der Waals surface area (Å²) in [5.74, 6) is 0.414. The first-order valence-corrected chi connectivity index (χ1v) is 12.2. The Kier molecular flexibility index (Phi) is 6.70. The lowest BCUT2D eigenvalue weighted by Crippen LogP contribution is -2.31. The summed E-state index contributed by atoms with van der Waals surface area (Å²) in [6.45, 7) is 3.08. The fourth-order valence-electron chi connectivity index (χ4n) is 4.94. The minimum atomic E-state index is -0.170. The number of methoxy groups -OCH3 is 1. The Morgan fingerprint density at radius 2 is 2.17 bits per heavy atom. The van der Waals surface area contributed by atoms with Crippen LogP contribution in [-0.2, 0) is 16.1 Å². The van der Waals surface area contributed by atoms with Crippen molar-refractivity contribution in [2.75, 3.05) is 23.9 Å². The van der Waals surface area contributed by atoms with Crippen LogP contribution < -0.4 is 20.3 Å². The third-order valence-electron chi connectivity index (χ3n) is 6.46. The van der Waals surface area contributed by atoms with Crippen molar-refractivity contribution in [2.24, 2.45) is 0 Å². The predicted octanol–water partition coefficient (Wildman–Crippen LogP) is 4.21. The van der Waals surface area contributed by atoms with Crippen LogP contribution in [-0.4, -0.2) is 40.4 Å². The summed E-state index contributed by atoms with van der Waals surface area (Å²) in [4.78, 5) is 18.6. The number of pyridine rings is 1. The van der Waals surface area contributed by atoms with Crippen LogP contribution in [0, 0.1) is 0 Å². The number of anilines is 2. The van der Waals surface area contributed by atoms with Crippen LogP contribution in [0.15, 0.2) is 60.9 Å². The fourth-order valence-corrected chi connectivity index (χ4v) is 5.28. The molecule has 4 heterocycles. The van der Waals surface area contributed by atoms with Gasteiger partial charge in [-0.25, -0.2) is 0 Å². The van der Waals surface area contributed by atoms with E-state index in [0.717, 1.165) is 43.1 Å². The fraction of sp³-hybridized carbons (Fsp3) is 0.346. The first kappa shape index (κ1) is 23.3. The van der Waals surface area contributed by atoms with Crippen molar-refractivity contribution < 1.29 is 14.3 Å². The molecule has 35 heavy (non-hydrogen) atoms. The summed E-state index contributed by atoms with van der Waals surface area (Å²) in [6.07, 6.45) is 6.26. The number of amides is 1. The van der Waals surface area contributed by atoms with E-state index >= 15 is 0 Å². The topological polar surface area (TPSA) is 80.7 Å². The maximum atomic E-state index is 11.8. The predicted molar refractivity (Wildman–Crippen MR) is 139 cm³/mol. The average molecular weight is 492 g/mol. The number of rotatable bonds is 7. The molecule has 9 heteroatoms. The number of thiocarbonyl (C=S) groups is 1. The quantitative estimate of drug-likeness (QED) is 0.480. The van der Waals surface area contributed by atoms with Crippen molar-refractivity contribution in [1.82, 2.24) is 14.9 Å². The molecule has 2 aliphatic heterocycles. The maximum absolute atomic E-state index is 11.8. The van der Waals surface area contributed by atoms with E-state index in [0.29, 0.717) is 16.5 Å². The molecular weight excluding hydrogens is 462 g/mol. The van der Waals surface area contributed by atoms with E-state index in [4.69, 9.17) is 21.7 Å². The zero-order valence-electron chi connectivity index (χ0n) is 19.8. The summed E-state index contributed by atoms with van der Waals surface area (Å²) in [5, 5.41) is 6.96. The van der Waals surface area contributed by atoms with Gasteiger partial charge in [-0.05, 0) is 67.5 Å². The van der Waals surface area contributed by atoms with Gasteiger partial charge in [0.25, 0.3) is 0 Å². The Labute approximate surface area is 210 Å². The Morgan fingerprint density at radius 1 is 1.29 bits per heavy atom. The lowest BCUT2D eigenvalue weighted by molar-refractivity contribution is -0.114. The highest BCUT2D eigenvalue weighted by Gasteiger charge is 2.42. The molecule has 1 amide bonds. The molecule has 0 saturated carbocycles. The second-order valence-corrected chi connectivity index (χ2v) is 9.17. The minimum Gasteiger partial charge on any atom is -0.495 e. The number of hydrogen-bond donors (Lipinski definition) is 2. The van der Waals surface area contributed by atoms with Gasteiger partial charge in [-0.1, -0.05) is 6.07 Å². The Bertz CT molecular complexity index is 1210. The Balaban J connectivity index is 1.58.